The molecule has 1 aliphatic rings. The van der Waals surface area contributed by atoms with Gasteiger partial charge < -0.3 is 14.4 Å². The standard InChI is InChI=1S/C16H24N2O3/c1-3-18(8-7-17-9-11-20-12-10-17)16(19)21-15-6-4-5-14(2)13-15/h4-6,13H,3,7-12H2,1-2H3. The molecule has 1 aromatic rings. The molecule has 0 N–H and O–H groups in total. The van der Waals surface area contributed by atoms with Gasteiger partial charge >= 0.3 is 6.09 Å². The summed E-state index contributed by atoms with van der Waals surface area (Å²) in [6, 6.07) is 7.55. The number of aryl methyl sites for hydroxylation is 1. The smallest absolute Gasteiger partial charge is 0.410 e. The molecular weight excluding hydrogens is 268 g/mol. The van der Waals surface area contributed by atoms with Crippen molar-refractivity contribution in [2.45, 2.75) is 13.8 Å². The van der Waals surface area contributed by atoms with Gasteiger partial charge in [0.05, 0.1) is 13.2 Å². The molecule has 0 bridgehead atoms. The van der Waals surface area contributed by atoms with Crippen molar-refractivity contribution in [2.75, 3.05) is 45.9 Å². The Labute approximate surface area is 126 Å². The number of nitrogens with zero attached hydrogens (tertiary/aromatic N) is 2. The zero-order chi connectivity index (χ0) is 15.1. The molecule has 1 aliphatic heterocycles. The van der Waals surface area contributed by atoms with Crippen LogP contribution in [0.5, 0.6) is 5.75 Å². The molecular formula is C16H24N2O3. The fourth-order valence-corrected chi connectivity index (χ4v) is 2.31. The zero-order valence-electron chi connectivity index (χ0n) is 12.9. The lowest BCUT2D eigenvalue weighted by atomic mass is 10.2. The molecule has 0 aromatic heterocycles. The second-order valence-electron chi connectivity index (χ2n) is 5.22. The van der Waals surface area contributed by atoms with Crippen molar-refractivity contribution in [2.24, 2.45) is 0 Å². The van der Waals surface area contributed by atoms with Crippen molar-refractivity contribution in [3.05, 3.63) is 29.8 Å². The second kappa shape index (κ2) is 8.00. The second-order valence-corrected chi connectivity index (χ2v) is 5.22. The van der Waals surface area contributed by atoms with Crippen LogP contribution in [0.1, 0.15) is 12.5 Å². The molecule has 1 amide bonds. The van der Waals surface area contributed by atoms with Crippen molar-refractivity contribution in [1.29, 1.82) is 0 Å². The third kappa shape index (κ3) is 5.02. The Bertz CT molecular complexity index is 459. The minimum atomic E-state index is -0.281. The third-order valence-corrected chi connectivity index (χ3v) is 3.62. The highest BCUT2D eigenvalue weighted by Gasteiger charge is 2.17. The summed E-state index contributed by atoms with van der Waals surface area (Å²) in [6.07, 6.45) is -0.281. The summed E-state index contributed by atoms with van der Waals surface area (Å²) in [4.78, 5) is 16.2. The van der Waals surface area contributed by atoms with E-state index in [1.165, 1.54) is 0 Å². The van der Waals surface area contributed by atoms with Crippen LogP contribution in [0.25, 0.3) is 0 Å². The van der Waals surface area contributed by atoms with Gasteiger partial charge in [0.15, 0.2) is 0 Å². The molecule has 1 fully saturated rings. The maximum Gasteiger partial charge on any atom is 0.415 e. The lowest BCUT2D eigenvalue weighted by Crippen LogP contribution is -2.43. The number of hydrogen-bond acceptors (Lipinski definition) is 4. The molecule has 21 heavy (non-hydrogen) atoms. The first kappa shape index (κ1) is 15.8. The largest absolute Gasteiger partial charge is 0.415 e. The van der Waals surface area contributed by atoms with Crippen molar-refractivity contribution in [3.8, 4) is 5.75 Å². The van der Waals surface area contributed by atoms with E-state index < -0.39 is 0 Å². The lowest BCUT2D eigenvalue weighted by Gasteiger charge is -2.29. The Morgan fingerprint density at radius 2 is 2.14 bits per heavy atom. The maximum atomic E-state index is 12.2. The fraction of sp³-hybridized carbons (Fsp3) is 0.562. The van der Waals surface area contributed by atoms with Crippen molar-refractivity contribution < 1.29 is 14.3 Å². The van der Waals surface area contributed by atoms with Crippen LogP contribution in [-0.4, -0.2) is 61.8 Å². The predicted octanol–water partition coefficient (Wildman–Crippen LogP) is 2.15. The Balaban J connectivity index is 1.83. The van der Waals surface area contributed by atoms with Crippen LogP contribution < -0.4 is 4.74 Å². The molecule has 1 heterocycles. The van der Waals surface area contributed by atoms with Crippen LogP contribution >= 0.6 is 0 Å². The quantitative estimate of drug-likeness (QED) is 0.834. The molecule has 2 rings (SSSR count). The van der Waals surface area contributed by atoms with Gasteiger partial charge in [-0.3, -0.25) is 4.90 Å². The number of likely N-dealkylation sites (N-methyl/N-ethyl adjacent to an activating group) is 1. The van der Waals surface area contributed by atoms with Gasteiger partial charge in [0.1, 0.15) is 5.75 Å². The Morgan fingerprint density at radius 1 is 1.38 bits per heavy atom. The highest BCUT2D eigenvalue weighted by atomic mass is 16.6. The summed E-state index contributed by atoms with van der Waals surface area (Å²) in [5.74, 6) is 0.602. The fourth-order valence-electron chi connectivity index (χ4n) is 2.31. The molecule has 1 saturated heterocycles. The lowest BCUT2D eigenvalue weighted by molar-refractivity contribution is 0.0341. The highest BCUT2D eigenvalue weighted by molar-refractivity contribution is 5.70. The average molecular weight is 292 g/mol. The summed E-state index contributed by atoms with van der Waals surface area (Å²) in [5, 5.41) is 0. The Kier molecular flexibility index (Phi) is 6.02. The average Bonchev–Trinajstić information content (AvgIpc) is 2.49. The van der Waals surface area contributed by atoms with Crippen molar-refractivity contribution >= 4 is 6.09 Å². The van der Waals surface area contributed by atoms with E-state index in [9.17, 15) is 4.79 Å². The summed E-state index contributed by atoms with van der Waals surface area (Å²) in [7, 11) is 0. The van der Waals surface area contributed by atoms with E-state index in [4.69, 9.17) is 9.47 Å². The number of ether oxygens (including phenoxy) is 2. The first-order valence-corrected chi connectivity index (χ1v) is 7.52. The van der Waals surface area contributed by atoms with Crippen LogP contribution in [-0.2, 0) is 4.74 Å². The van der Waals surface area contributed by atoms with Crippen LogP contribution in [0.3, 0.4) is 0 Å². The van der Waals surface area contributed by atoms with Crippen LogP contribution in [0.15, 0.2) is 24.3 Å². The van der Waals surface area contributed by atoms with Gasteiger partial charge in [-0.25, -0.2) is 4.79 Å². The summed E-state index contributed by atoms with van der Waals surface area (Å²) < 4.78 is 10.8. The molecule has 116 valence electrons. The van der Waals surface area contributed by atoms with Gasteiger partial charge in [0.25, 0.3) is 0 Å². The summed E-state index contributed by atoms with van der Waals surface area (Å²) in [5.41, 5.74) is 1.08. The van der Waals surface area contributed by atoms with E-state index in [-0.39, 0.29) is 6.09 Å². The highest BCUT2D eigenvalue weighted by Crippen LogP contribution is 2.13. The third-order valence-electron chi connectivity index (χ3n) is 3.62. The molecule has 0 saturated carbocycles. The van der Waals surface area contributed by atoms with Gasteiger partial charge in [0.2, 0.25) is 0 Å². The SMILES string of the molecule is CCN(CCN1CCOCC1)C(=O)Oc1cccc(C)c1. The Morgan fingerprint density at radius 3 is 2.81 bits per heavy atom. The van der Waals surface area contributed by atoms with Gasteiger partial charge in [-0.05, 0) is 31.5 Å². The first-order chi connectivity index (χ1) is 10.2. The first-order valence-electron chi connectivity index (χ1n) is 7.52. The van der Waals surface area contributed by atoms with E-state index in [1.54, 1.807) is 11.0 Å². The van der Waals surface area contributed by atoms with Crippen molar-refractivity contribution in [3.63, 3.8) is 0 Å². The molecule has 0 radical (unpaired) electrons. The minimum absolute atomic E-state index is 0.281. The van der Waals surface area contributed by atoms with Gasteiger partial charge in [-0.1, -0.05) is 12.1 Å². The topological polar surface area (TPSA) is 42.0 Å². The van der Waals surface area contributed by atoms with Crippen LogP contribution in [0.4, 0.5) is 4.79 Å². The molecule has 0 spiro atoms. The number of carbonyl (C=O) groups is 1. The van der Waals surface area contributed by atoms with E-state index in [0.717, 1.165) is 38.4 Å². The van der Waals surface area contributed by atoms with E-state index in [1.807, 2.05) is 32.0 Å². The molecule has 5 heteroatoms. The number of morpholine rings is 1. The molecule has 0 aliphatic carbocycles. The number of carbonyl (C=O) groups excluding carboxylic acids is 1. The molecule has 5 nitrogen and oxygen atoms in total. The van der Waals surface area contributed by atoms with Crippen molar-refractivity contribution in [1.82, 2.24) is 9.80 Å². The summed E-state index contributed by atoms with van der Waals surface area (Å²) >= 11 is 0. The molecule has 0 unspecified atom stereocenters. The zero-order valence-corrected chi connectivity index (χ0v) is 12.9. The van der Waals surface area contributed by atoms with E-state index >= 15 is 0 Å². The van der Waals surface area contributed by atoms with Gasteiger partial charge in [-0.2, -0.15) is 0 Å². The maximum absolute atomic E-state index is 12.2. The van der Waals surface area contributed by atoms with Crippen LogP contribution in [0, 0.1) is 6.92 Å². The number of amides is 1. The Hall–Kier alpha value is -1.59. The number of benzene rings is 1. The van der Waals surface area contributed by atoms with Crippen LogP contribution in [0.2, 0.25) is 0 Å². The number of hydrogen-bond donors (Lipinski definition) is 0. The summed E-state index contributed by atoms with van der Waals surface area (Å²) in [6.45, 7) is 9.56. The normalized spacial score (nSPS) is 15.7. The van der Waals surface area contributed by atoms with E-state index in [2.05, 4.69) is 4.90 Å². The monoisotopic (exact) mass is 292 g/mol. The minimum Gasteiger partial charge on any atom is -0.410 e. The van der Waals surface area contributed by atoms with Gasteiger partial charge in [-0.15, -0.1) is 0 Å². The molecule has 0 atom stereocenters. The predicted molar refractivity (Wildman–Crippen MR) is 81.7 cm³/mol. The number of rotatable bonds is 5. The van der Waals surface area contributed by atoms with Gasteiger partial charge in [0, 0.05) is 32.7 Å². The molecule has 1 aromatic carbocycles. The van der Waals surface area contributed by atoms with E-state index in [0.29, 0.717) is 18.8 Å².